The SMILES string of the molecule is COC(=O)C(C)(C)COC(=O)N1CCCCC1. The number of ether oxygens (including phenoxy) is 2. The van der Waals surface area contributed by atoms with Gasteiger partial charge in [-0.25, -0.2) is 4.79 Å². The van der Waals surface area contributed by atoms with E-state index in [-0.39, 0.29) is 18.7 Å². The van der Waals surface area contributed by atoms with Crippen LogP contribution in [-0.2, 0) is 14.3 Å². The Morgan fingerprint density at radius 1 is 1.18 bits per heavy atom. The molecule has 1 amide bonds. The summed E-state index contributed by atoms with van der Waals surface area (Å²) in [6, 6.07) is 0. The lowest BCUT2D eigenvalue weighted by Gasteiger charge is -2.28. The molecule has 0 aromatic rings. The monoisotopic (exact) mass is 243 g/mol. The normalized spacial score (nSPS) is 16.5. The van der Waals surface area contributed by atoms with Crippen LogP contribution in [0.15, 0.2) is 0 Å². The molecule has 17 heavy (non-hydrogen) atoms. The molecule has 0 unspecified atom stereocenters. The second-order valence-corrected chi connectivity index (χ2v) is 4.98. The summed E-state index contributed by atoms with van der Waals surface area (Å²) in [6.45, 7) is 4.94. The first kappa shape index (κ1) is 13.8. The Morgan fingerprint density at radius 3 is 2.29 bits per heavy atom. The number of esters is 1. The van der Waals surface area contributed by atoms with Crippen molar-refractivity contribution in [1.29, 1.82) is 0 Å². The quantitative estimate of drug-likeness (QED) is 0.709. The van der Waals surface area contributed by atoms with E-state index in [0.29, 0.717) is 0 Å². The molecule has 1 saturated heterocycles. The predicted octanol–water partition coefficient (Wildman–Crippen LogP) is 1.81. The van der Waals surface area contributed by atoms with Crippen molar-refractivity contribution in [3.63, 3.8) is 0 Å². The van der Waals surface area contributed by atoms with Gasteiger partial charge in [0.1, 0.15) is 6.61 Å². The van der Waals surface area contributed by atoms with Gasteiger partial charge in [0.15, 0.2) is 0 Å². The Labute approximate surface area is 102 Å². The van der Waals surface area contributed by atoms with Crippen LogP contribution in [0, 0.1) is 5.41 Å². The predicted molar refractivity (Wildman–Crippen MR) is 62.6 cm³/mol. The number of amides is 1. The van der Waals surface area contributed by atoms with Crippen molar-refractivity contribution in [3.05, 3.63) is 0 Å². The highest BCUT2D eigenvalue weighted by atomic mass is 16.6. The second-order valence-electron chi connectivity index (χ2n) is 4.98. The van der Waals surface area contributed by atoms with Crippen LogP contribution < -0.4 is 0 Å². The minimum atomic E-state index is -0.791. The number of piperidine rings is 1. The van der Waals surface area contributed by atoms with Crippen LogP contribution in [0.3, 0.4) is 0 Å². The summed E-state index contributed by atoms with van der Waals surface area (Å²) in [5.41, 5.74) is -0.791. The minimum Gasteiger partial charge on any atom is -0.469 e. The summed E-state index contributed by atoms with van der Waals surface area (Å²) in [5, 5.41) is 0. The largest absolute Gasteiger partial charge is 0.469 e. The maximum atomic E-state index is 11.7. The van der Waals surface area contributed by atoms with Crippen LogP contribution in [0.4, 0.5) is 4.79 Å². The third kappa shape index (κ3) is 3.91. The second kappa shape index (κ2) is 5.89. The number of hydrogen-bond acceptors (Lipinski definition) is 4. The highest BCUT2D eigenvalue weighted by Crippen LogP contribution is 2.18. The zero-order chi connectivity index (χ0) is 12.9. The number of methoxy groups -OCH3 is 1. The van der Waals surface area contributed by atoms with Gasteiger partial charge >= 0.3 is 12.1 Å². The van der Waals surface area contributed by atoms with Crippen molar-refractivity contribution < 1.29 is 19.1 Å². The van der Waals surface area contributed by atoms with E-state index in [9.17, 15) is 9.59 Å². The Kier molecular flexibility index (Phi) is 4.78. The molecule has 0 atom stereocenters. The summed E-state index contributed by atoms with van der Waals surface area (Å²) in [7, 11) is 1.33. The van der Waals surface area contributed by atoms with E-state index < -0.39 is 5.41 Å². The average molecular weight is 243 g/mol. The number of carbonyl (C=O) groups is 2. The molecule has 0 saturated carbocycles. The zero-order valence-corrected chi connectivity index (χ0v) is 10.8. The molecule has 0 bridgehead atoms. The first-order valence-corrected chi connectivity index (χ1v) is 5.97. The van der Waals surface area contributed by atoms with Gasteiger partial charge in [-0.1, -0.05) is 0 Å². The molecule has 0 N–H and O–H groups in total. The Bertz CT molecular complexity index is 282. The average Bonchev–Trinajstić information content (AvgIpc) is 2.36. The molecule has 0 aromatic carbocycles. The Balaban J connectivity index is 2.39. The molecule has 1 fully saturated rings. The summed E-state index contributed by atoms with van der Waals surface area (Å²) in [4.78, 5) is 24.8. The van der Waals surface area contributed by atoms with E-state index in [1.165, 1.54) is 7.11 Å². The number of hydrogen-bond donors (Lipinski definition) is 0. The maximum Gasteiger partial charge on any atom is 0.409 e. The molecular formula is C12H21NO4. The number of nitrogens with zero attached hydrogens (tertiary/aromatic N) is 1. The van der Waals surface area contributed by atoms with E-state index in [0.717, 1.165) is 32.4 Å². The van der Waals surface area contributed by atoms with Crippen molar-refractivity contribution in [1.82, 2.24) is 4.90 Å². The van der Waals surface area contributed by atoms with Crippen LogP contribution in [-0.4, -0.2) is 43.8 Å². The van der Waals surface area contributed by atoms with Crippen molar-refractivity contribution >= 4 is 12.1 Å². The van der Waals surface area contributed by atoms with Crippen LogP contribution in [0.1, 0.15) is 33.1 Å². The van der Waals surface area contributed by atoms with Crippen LogP contribution >= 0.6 is 0 Å². The van der Waals surface area contributed by atoms with Crippen molar-refractivity contribution in [2.24, 2.45) is 5.41 Å². The van der Waals surface area contributed by atoms with Crippen LogP contribution in [0.25, 0.3) is 0 Å². The van der Waals surface area contributed by atoms with E-state index in [1.807, 2.05) is 0 Å². The van der Waals surface area contributed by atoms with E-state index in [2.05, 4.69) is 4.74 Å². The van der Waals surface area contributed by atoms with Crippen molar-refractivity contribution in [2.45, 2.75) is 33.1 Å². The molecule has 1 heterocycles. The van der Waals surface area contributed by atoms with Gasteiger partial charge in [0.25, 0.3) is 0 Å². The van der Waals surface area contributed by atoms with Crippen LogP contribution in [0.5, 0.6) is 0 Å². The molecule has 1 rings (SSSR count). The molecule has 0 radical (unpaired) electrons. The highest BCUT2D eigenvalue weighted by molar-refractivity contribution is 5.76. The summed E-state index contributed by atoms with van der Waals surface area (Å²) >= 11 is 0. The van der Waals surface area contributed by atoms with Gasteiger partial charge in [0, 0.05) is 13.1 Å². The van der Waals surface area contributed by atoms with Gasteiger partial charge in [-0.05, 0) is 33.1 Å². The fourth-order valence-electron chi connectivity index (χ4n) is 1.75. The van der Waals surface area contributed by atoms with E-state index in [4.69, 9.17) is 4.74 Å². The lowest BCUT2D eigenvalue weighted by atomic mass is 9.95. The maximum absolute atomic E-state index is 11.7. The van der Waals surface area contributed by atoms with E-state index >= 15 is 0 Å². The molecule has 98 valence electrons. The number of carbonyl (C=O) groups excluding carboxylic acids is 2. The summed E-state index contributed by atoms with van der Waals surface area (Å²) in [6.07, 6.45) is 2.88. The molecule has 1 aliphatic rings. The van der Waals surface area contributed by atoms with Crippen molar-refractivity contribution in [3.8, 4) is 0 Å². The van der Waals surface area contributed by atoms with Crippen molar-refractivity contribution in [2.75, 3.05) is 26.8 Å². The van der Waals surface area contributed by atoms with Gasteiger partial charge in [-0.15, -0.1) is 0 Å². The first-order chi connectivity index (χ1) is 7.97. The molecule has 5 heteroatoms. The third-order valence-corrected chi connectivity index (χ3v) is 2.91. The van der Waals surface area contributed by atoms with Gasteiger partial charge in [-0.3, -0.25) is 4.79 Å². The molecule has 5 nitrogen and oxygen atoms in total. The molecule has 0 spiro atoms. The van der Waals surface area contributed by atoms with Gasteiger partial charge in [0.05, 0.1) is 12.5 Å². The lowest BCUT2D eigenvalue weighted by Crippen LogP contribution is -2.39. The smallest absolute Gasteiger partial charge is 0.409 e. The lowest BCUT2D eigenvalue weighted by molar-refractivity contribution is -0.153. The molecular weight excluding hydrogens is 222 g/mol. The standard InChI is InChI=1S/C12H21NO4/c1-12(2,10(14)16-3)9-17-11(15)13-7-5-4-6-8-13/h4-9H2,1-3H3. The number of likely N-dealkylation sites (tertiary alicyclic amines) is 1. The topological polar surface area (TPSA) is 55.8 Å². The molecule has 0 aliphatic carbocycles. The molecule has 0 aromatic heterocycles. The minimum absolute atomic E-state index is 0.0506. The highest BCUT2D eigenvalue weighted by Gasteiger charge is 2.31. The van der Waals surface area contributed by atoms with Crippen LogP contribution in [0.2, 0.25) is 0 Å². The van der Waals surface area contributed by atoms with Gasteiger partial charge in [-0.2, -0.15) is 0 Å². The third-order valence-electron chi connectivity index (χ3n) is 2.91. The van der Waals surface area contributed by atoms with Gasteiger partial charge < -0.3 is 14.4 Å². The zero-order valence-electron chi connectivity index (χ0n) is 10.8. The Morgan fingerprint density at radius 2 is 1.76 bits per heavy atom. The molecule has 1 aliphatic heterocycles. The number of rotatable bonds is 3. The van der Waals surface area contributed by atoms with Gasteiger partial charge in [0.2, 0.25) is 0 Å². The Hall–Kier alpha value is -1.26. The van der Waals surface area contributed by atoms with E-state index in [1.54, 1.807) is 18.7 Å². The fourth-order valence-corrected chi connectivity index (χ4v) is 1.75. The fraction of sp³-hybridized carbons (Fsp3) is 0.833. The summed E-state index contributed by atoms with van der Waals surface area (Å²) in [5.74, 6) is -0.371. The first-order valence-electron chi connectivity index (χ1n) is 5.97. The summed E-state index contributed by atoms with van der Waals surface area (Å²) < 4.78 is 9.80.